The molecule has 0 bridgehead atoms. The third-order valence-electron chi connectivity index (χ3n) is 5.60. The highest BCUT2D eigenvalue weighted by Crippen LogP contribution is 2.27. The second-order valence-corrected chi connectivity index (χ2v) is 8.25. The Morgan fingerprint density at radius 2 is 1.81 bits per heavy atom. The first-order valence-corrected chi connectivity index (χ1v) is 11.4. The molecule has 0 aliphatic carbocycles. The predicted octanol–water partition coefficient (Wildman–Crippen LogP) is 0.244. The lowest BCUT2D eigenvalue weighted by Crippen LogP contribution is -2.45. The molecule has 37 heavy (non-hydrogen) atoms. The van der Waals surface area contributed by atoms with Crippen LogP contribution in [0.4, 0.5) is 9.18 Å². The summed E-state index contributed by atoms with van der Waals surface area (Å²) in [6, 6.07) is 7.35. The van der Waals surface area contributed by atoms with Gasteiger partial charge in [-0.1, -0.05) is 12.1 Å². The molecule has 1 atom stereocenters. The van der Waals surface area contributed by atoms with Gasteiger partial charge in [-0.15, -0.1) is 0 Å². The lowest BCUT2D eigenvalue weighted by atomic mass is 10.0. The molecule has 2 aromatic heterocycles. The fourth-order valence-electron chi connectivity index (χ4n) is 3.82. The van der Waals surface area contributed by atoms with Crippen LogP contribution in [0.1, 0.15) is 27.7 Å². The summed E-state index contributed by atoms with van der Waals surface area (Å²) in [7, 11) is 1.29. The lowest BCUT2D eigenvalue weighted by Gasteiger charge is -2.27. The Kier molecular flexibility index (Phi) is 9.11. The van der Waals surface area contributed by atoms with Gasteiger partial charge in [0, 0.05) is 26.3 Å². The number of aromatic hydroxyl groups is 1. The minimum atomic E-state index is -1.28. The molecule has 2 amide bonds. The van der Waals surface area contributed by atoms with Gasteiger partial charge in [-0.25, -0.2) is 9.18 Å². The Hall–Kier alpha value is -4.07. The average Bonchev–Trinajstić information content (AvgIpc) is 2.87. The Bertz CT molecular complexity index is 1330. The molecule has 1 aromatic carbocycles. The van der Waals surface area contributed by atoms with Crippen molar-refractivity contribution in [2.75, 3.05) is 39.9 Å². The lowest BCUT2D eigenvalue weighted by molar-refractivity contribution is 0.0939. The molecule has 6 N–H and O–H groups in total. The summed E-state index contributed by atoms with van der Waals surface area (Å²) in [5, 5.41) is 43.9. The van der Waals surface area contributed by atoms with Gasteiger partial charge in [0.25, 0.3) is 11.5 Å². The molecule has 0 aliphatic heterocycles. The maximum atomic E-state index is 13.6. The van der Waals surface area contributed by atoms with E-state index in [1.165, 1.54) is 25.4 Å². The number of aliphatic hydroxyl groups excluding tert-OH is 2. The number of rotatable bonds is 11. The van der Waals surface area contributed by atoms with Gasteiger partial charge < -0.3 is 30.6 Å². The van der Waals surface area contributed by atoms with E-state index >= 15 is 0 Å². The van der Waals surface area contributed by atoms with Crippen LogP contribution in [0.3, 0.4) is 0 Å². The van der Waals surface area contributed by atoms with Crippen LogP contribution < -0.4 is 16.2 Å². The number of pyridine rings is 2. The van der Waals surface area contributed by atoms with Gasteiger partial charge in [0.1, 0.15) is 23.1 Å². The van der Waals surface area contributed by atoms with E-state index in [2.05, 4.69) is 15.6 Å². The van der Waals surface area contributed by atoms with Crippen molar-refractivity contribution < 1.29 is 34.4 Å². The molecule has 198 valence electrons. The molecule has 0 radical (unpaired) electrons. The van der Waals surface area contributed by atoms with Crippen LogP contribution in [0.15, 0.2) is 41.3 Å². The zero-order valence-electron chi connectivity index (χ0n) is 20.0. The van der Waals surface area contributed by atoms with Crippen molar-refractivity contribution in [1.29, 1.82) is 0 Å². The number of hydrogen-bond donors (Lipinski definition) is 6. The molecule has 0 saturated carbocycles. The number of halogens is 1. The monoisotopic (exact) mass is 517 g/mol. The van der Waals surface area contributed by atoms with Gasteiger partial charge in [-0.2, -0.15) is 0 Å². The fourth-order valence-corrected chi connectivity index (χ4v) is 3.82. The van der Waals surface area contributed by atoms with E-state index < -0.39 is 47.5 Å². The van der Waals surface area contributed by atoms with Gasteiger partial charge in [-0.05, 0) is 35.7 Å². The zero-order chi connectivity index (χ0) is 27.1. The molecule has 0 aliphatic rings. The van der Waals surface area contributed by atoms with E-state index in [9.17, 15) is 34.1 Å². The second-order valence-electron chi connectivity index (χ2n) is 8.25. The van der Waals surface area contributed by atoms with Crippen molar-refractivity contribution >= 4 is 23.0 Å². The molecular formula is C24H28FN5O7. The van der Waals surface area contributed by atoms with Crippen molar-refractivity contribution in [2.45, 2.75) is 12.6 Å². The first kappa shape index (κ1) is 27.5. The molecular weight excluding hydrogens is 489 g/mol. The van der Waals surface area contributed by atoms with Gasteiger partial charge in [0.2, 0.25) is 0 Å². The van der Waals surface area contributed by atoms with Gasteiger partial charge in [-0.3, -0.25) is 24.5 Å². The Morgan fingerprint density at radius 3 is 2.43 bits per heavy atom. The van der Waals surface area contributed by atoms with Crippen LogP contribution >= 0.6 is 0 Å². The summed E-state index contributed by atoms with van der Waals surface area (Å²) in [4.78, 5) is 43.0. The molecule has 0 saturated heterocycles. The first-order chi connectivity index (χ1) is 17.7. The van der Waals surface area contributed by atoms with Gasteiger partial charge in [0.05, 0.1) is 25.3 Å². The summed E-state index contributed by atoms with van der Waals surface area (Å²) in [5.41, 5.74) is -0.206. The van der Waals surface area contributed by atoms with Crippen LogP contribution in [0, 0.1) is 5.82 Å². The smallest absolute Gasteiger partial charge is 0.407 e. The van der Waals surface area contributed by atoms with E-state index in [0.717, 1.165) is 15.0 Å². The maximum absolute atomic E-state index is 13.6. The molecule has 1 unspecified atom stereocenters. The van der Waals surface area contributed by atoms with Crippen LogP contribution in [0.5, 0.6) is 5.75 Å². The van der Waals surface area contributed by atoms with E-state index in [1.54, 1.807) is 18.2 Å². The van der Waals surface area contributed by atoms with Crippen molar-refractivity contribution in [3.8, 4) is 5.75 Å². The Morgan fingerprint density at radius 1 is 1.14 bits per heavy atom. The number of benzene rings is 1. The topological polar surface area (TPSA) is 177 Å². The third-order valence-corrected chi connectivity index (χ3v) is 5.60. The van der Waals surface area contributed by atoms with Crippen LogP contribution in [0.25, 0.3) is 11.0 Å². The van der Waals surface area contributed by atoms with E-state index in [1.807, 2.05) is 0 Å². The maximum Gasteiger partial charge on any atom is 0.407 e. The molecule has 3 rings (SSSR count). The second kappa shape index (κ2) is 12.3. The zero-order valence-corrected chi connectivity index (χ0v) is 20.0. The number of fused-ring (bicyclic) bond motifs is 1. The van der Waals surface area contributed by atoms with Crippen molar-refractivity contribution in [2.24, 2.45) is 0 Å². The molecule has 2 heterocycles. The average molecular weight is 518 g/mol. The van der Waals surface area contributed by atoms with Crippen molar-refractivity contribution in [3.63, 3.8) is 0 Å². The summed E-state index contributed by atoms with van der Waals surface area (Å²) in [6.45, 7) is -1.16. The number of likely N-dealkylation sites (N-methyl/N-ethyl adjacent to an activating group) is 1. The Balaban J connectivity index is 2.24. The van der Waals surface area contributed by atoms with E-state index in [-0.39, 0.29) is 37.3 Å². The van der Waals surface area contributed by atoms with Crippen LogP contribution in [-0.4, -0.2) is 86.8 Å². The van der Waals surface area contributed by atoms with Gasteiger partial charge in [0.15, 0.2) is 5.75 Å². The number of nitrogens with one attached hydrogen (secondary N) is 2. The summed E-state index contributed by atoms with van der Waals surface area (Å²) >= 11 is 0. The molecule has 12 nitrogen and oxygen atoms in total. The standard InChI is InChI=1S/C24H28FN5O7/c1-29(24(36)37)13-18(26-6-8-31)30-17-11-15(10-14-2-4-16(25)5-3-14)12-28-20(17)21(33)19(23(30)35)22(34)27-7-9-32/h2-5,11-12,18,26,31-33H,6-10,13H2,1H3,(H,27,34)(H,36,37). The van der Waals surface area contributed by atoms with Gasteiger partial charge >= 0.3 is 6.09 Å². The number of hydrogen-bond acceptors (Lipinski definition) is 8. The van der Waals surface area contributed by atoms with E-state index in [4.69, 9.17) is 5.11 Å². The van der Waals surface area contributed by atoms with Crippen molar-refractivity contribution in [1.82, 2.24) is 25.1 Å². The number of amides is 2. The molecule has 3 aromatic rings. The number of carbonyl (C=O) groups excluding carboxylic acids is 1. The third kappa shape index (κ3) is 6.39. The fraction of sp³-hybridized carbons (Fsp3) is 0.333. The number of nitrogens with zero attached hydrogens (tertiary/aromatic N) is 3. The Labute approximate surface area is 210 Å². The first-order valence-electron chi connectivity index (χ1n) is 11.4. The summed E-state index contributed by atoms with van der Waals surface area (Å²) < 4.78 is 14.4. The highest BCUT2D eigenvalue weighted by atomic mass is 19.1. The SMILES string of the molecule is CN(CC(NCCO)n1c(=O)c(C(=O)NCCO)c(O)c2ncc(Cc3ccc(F)cc3)cc21)C(=O)O. The number of carbonyl (C=O) groups is 2. The number of aromatic nitrogens is 2. The molecule has 13 heteroatoms. The van der Waals surface area contributed by atoms with Crippen LogP contribution in [-0.2, 0) is 6.42 Å². The summed E-state index contributed by atoms with van der Waals surface area (Å²) in [6.07, 6.45) is -0.588. The largest absolute Gasteiger partial charge is 0.505 e. The van der Waals surface area contributed by atoms with E-state index in [0.29, 0.717) is 12.0 Å². The number of carboxylic acid groups (broad SMARTS) is 1. The highest BCUT2D eigenvalue weighted by Gasteiger charge is 2.27. The normalized spacial score (nSPS) is 11.9. The number of aliphatic hydroxyl groups is 2. The minimum absolute atomic E-state index is 0.0122. The van der Waals surface area contributed by atoms with Crippen molar-refractivity contribution in [3.05, 3.63) is 69.4 Å². The minimum Gasteiger partial charge on any atom is -0.505 e. The highest BCUT2D eigenvalue weighted by molar-refractivity contribution is 6.01. The molecule has 0 fully saturated rings. The van der Waals surface area contributed by atoms with Crippen LogP contribution in [0.2, 0.25) is 0 Å². The summed E-state index contributed by atoms with van der Waals surface area (Å²) in [5.74, 6) is -2.02. The quantitative estimate of drug-likeness (QED) is 0.208. The molecule has 0 spiro atoms. The predicted molar refractivity (Wildman–Crippen MR) is 131 cm³/mol.